The summed E-state index contributed by atoms with van der Waals surface area (Å²) in [5.74, 6) is 0.785. The Morgan fingerprint density at radius 3 is 2.52 bits per heavy atom. The van der Waals surface area contributed by atoms with E-state index in [1.54, 1.807) is 4.90 Å². The minimum absolute atomic E-state index is 0.0741. The van der Waals surface area contributed by atoms with Crippen molar-refractivity contribution in [1.82, 2.24) is 14.9 Å². The molecule has 9 heteroatoms. The van der Waals surface area contributed by atoms with Crippen LogP contribution in [0.15, 0.2) is 12.4 Å². The number of alkyl halides is 2. The number of rotatable bonds is 3. The lowest BCUT2D eigenvalue weighted by Crippen LogP contribution is -2.61. The number of nitrogens with zero attached hydrogens (tertiary/aromatic N) is 4. The SMILES string of the molecule is NC1OC2(CN3CCC2CC3)CN1c1ncc(OC(F)F)cn1. The summed E-state index contributed by atoms with van der Waals surface area (Å²) >= 11 is 0. The number of hydrogen-bond acceptors (Lipinski definition) is 7. The number of fused-ring (bicyclic) bond motifs is 2. The number of piperidine rings is 3. The average Bonchev–Trinajstić information content (AvgIpc) is 2.85. The molecule has 0 amide bonds. The first-order chi connectivity index (χ1) is 11.1. The van der Waals surface area contributed by atoms with Gasteiger partial charge >= 0.3 is 6.61 Å². The third-order valence-electron chi connectivity index (χ3n) is 5.02. The van der Waals surface area contributed by atoms with Crippen LogP contribution in [-0.2, 0) is 4.74 Å². The maximum absolute atomic E-state index is 12.2. The van der Waals surface area contributed by atoms with E-state index in [0.717, 1.165) is 32.5 Å². The van der Waals surface area contributed by atoms with Gasteiger partial charge in [-0.3, -0.25) is 10.6 Å². The Bertz CT molecular complexity index is 567. The van der Waals surface area contributed by atoms with Crippen LogP contribution in [0.3, 0.4) is 0 Å². The van der Waals surface area contributed by atoms with Crippen LogP contribution in [0.5, 0.6) is 5.75 Å². The first-order valence-electron chi connectivity index (χ1n) is 7.75. The lowest BCUT2D eigenvalue weighted by Gasteiger charge is -2.50. The molecule has 1 aromatic heterocycles. The Labute approximate surface area is 132 Å². The van der Waals surface area contributed by atoms with Crippen LogP contribution < -0.4 is 15.4 Å². The van der Waals surface area contributed by atoms with Gasteiger partial charge in [-0.25, -0.2) is 9.97 Å². The van der Waals surface area contributed by atoms with Crippen LogP contribution in [0.25, 0.3) is 0 Å². The molecule has 4 fully saturated rings. The third kappa shape index (κ3) is 2.62. The molecule has 2 N–H and O–H groups in total. The van der Waals surface area contributed by atoms with E-state index < -0.39 is 13.0 Å². The van der Waals surface area contributed by atoms with Gasteiger partial charge in [-0.05, 0) is 31.8 Å². The van der Waals surface area contributed by atoms with Crippen LogP contribution in [0.1, 0.15) is 12.8 Å². The summed E-state index contributed by atoms with van der Waals surface area (Å²) in [5.41, 5.74) is 5.84. The third-order valence-corrected chi connectivity index (χ3v) is 5.02. The Morgan fingerprint density at radius 1 is 1.26 bits per heavy atom. The molecular formula is C14H19F2N5O2. The van der Waals surface area contributed by atoms with E-state index in [1.165, 1.54) is 12.4 Å². The van der Waals surface area contributed by atoms with E-state index in [4.69, 9.17) is 10.5 Å². The number of halogens is 2. The molecule has 1 spiro atoms. The zero-order valence-corrected chi connectivity index (χ0v) is 12.6. The minimum Gasteiger partial charge on any atom is -0.432 e. The first kappa shape index (κ1) is 15.0. The van der Waals surface area contributed by atoms with Crippen LogP contribution in [-0.4, -0.2) is 59.6 Å². The molecule has 126 valence electrons. The summed E-state index contributed by atoms with van der Waals surface area (Å²) in [6.07, 6.45) is 4.05. The van der Waals surface area contributed by atoms with Gasteiger partial charge in [0, 0.05) is 6.54 Å². The summed E-state index contributed by atoms with van der Waals surface area (Å²) in [5, 5.41) is 0. The van der Waals surface area contributed by atoms with Gasteiger partial charge in [0.25, 0.3) is 0 Å². The highest BCUT2D eigenvalue weighted by Crippen LogP contribution is 2.43. The maximum atomic E-state index is 12.2. The lowest BCUT2D eigenvalue weighted by atomic mass is 9.75. The summed E-state index contributed by atoms with van der Waals surface area (Å²) in [4.78, 5) is 12.4. The summed E-state index contributed by atoms with van der Waals surface area (Å²) in [6, 6.07) is 0. The quantitative estimate of drug-likeness (QED) is 0.872. The molecule has 2 atom stereocenters. The van der Waals surface area contributed by atoms with E-state index >= 15 is 0 Å². The van der Waals surface area contributed by atoms with E-state index in [1.807, 2.05) is 0 Å². The molecule has 23 heavy (non-hydrogen) atoms. The minimum atomic E-state index is -2.89. The van der Waals surface area contributed by atoms with Crippen molar-refractivity contribution in [3.63, 3.8) is 0 Å². The second-order valence-corrected chi connectivity index (χ2v) is 6.35. The molecule has 1 aromatic rings. The highest BCUT2D eigenvalue weighted by molar-refractivity contribution is 5.35. The van der Waals surface area contributed by atoms with Crippen molar-refractivity contribution < 1.29 is 18.3 Å². The fourth-order valence-corrected chi connectivity index (χ4v) is 3.96. The molecule has 0 aliphatic carbocycles. The zero-order valence-electron chi connectivity index (χ0n) is 12.6. The standard InChI is InChI=1S/C14H19F2N5O2/c15-11(16)22-10-5-18-13(19-6-10)21-8-14(23-12(21)17)7-20-3-1-9(14)2-4-20/h5-6,9,11-12H,1-4,7-8,17H2. The zero-order chi connectivity index (χ0) is 16.0. The van der Waals surface area contributed by atoms with E-state index in [-0.39, 0.29) is 11.4 Å². The van der Waals surface area contributed by atoms with Gasteiger partial charge in [-0.15, -0.1) is 0 Å². The number of hydrogen-bond donors (Lipinski definition) is 1. The molecule has 0 radical (unpaired) electrons. The Kier molecular flexibility index (Phi) is 3.58. The number of aromatic nitrogens is 2. The van der Waals surface area contributed by atoms with Gasteiger partial charge in [0.2, 0.25) is 5.95 Å². The molecule has 7 nitrogen and oxygen atoms in total. The maximum Gasteiger partial charge on any atom is 0.387 e. The molecule has 2 bridgehead atoms. The van der Waals surface area contributed by atoms with Gasteiger partial charge < -0.3 is 14.4 Å². The highest BCUT2D eigenvalue weighted by Gasteiger charge is 2.54. The van der Waals surface area contributed by atoms with E-state index in [9.17, 15) is 8.78 Å². The summed E-state index contributed by atoms with van der Waals surface area (Å²) in [6.45, 7) is 0.818. The van der Waals surface area contributed by atoms with Crippen molar-refractivity contribution in [3.05, 3.63) is 12.4 Å². The molecule has 4 aliphatic rings. The summed E-state index contributed by atoms with van der Waals surface area (Å²) in [7, 11) is 0. The first-order valence-corrected chi connectivity index (χ1v) is 7.75. The predicted octanol–water partition coefficient (Wildman–Crippen LogP) is 0.621. The fourth-order valence-electron chi connectivity index (χ4n) is 3.96. The van der Waals surface area contributed by atoms with Crippen molar-refractivity contribution in [3.8, 4) is 5.75 Å². The van der Waals surface area contributed by atoms with Gasteiger partial charge in [-0.1, -0.05) is 0 Å². The highest BCUT2D eigenvalue weighted by atomic mass is 19.3. The van der Waals surface area contributed by atoms with E-state index in [2.05, 4.69) is 19.6 Å². The molecule has 4 aliphatic heterocycles. The van der Waals surface area contributed by atoms with Crippen LogP contribution in [0.2, 0.25) is 0 Å². The molecule has 2 unspecified atom stereocenters. The van der Waals surface area contributed by atoms with Gasteiger partial charge in [0.15, 0.2) is 12.1 Å². The van der Waals surface area contributed by atoms with Gasteiger partial charge in [0.05, 0.1) is 18.9 Å². The average molecular weight is 327 g/mol. The van der Waals surface area contributed by atoms with Crippen molar-refractivity contribution in [2.45, 2.75) is 31.4 Å². The Morgan fingerprint density at radius 2 is 1.96 bits per heavy atom. The Balaban J connectivity index is 1.51. The number of ether oxygens (including phenoxy) is 2. The van der Waals surface area contributed by atoms with Crippen LogP contribution in [0.4, 0.5) is 14.7 Å². The van der Waals surface area contributed by atoms with Crippen LogP contribution in [0, 0.1) is 5.92 Å². The second kappa shape index (κ2) is 5.50. The molecule has 5 heterocycles. The molecule has 0 saturated carbocycles. The molecule has 5 rings (SSSR count). The van der Waals surface area contributed by atoms with Crippen LogP contribution >= 0.6 is 0 Å². The van der Waals surface area contributed by atoms with Crippen molar-refractivity contribution in [1.29, 1.82) is 0 Å². The van der Waals surface area contributed by atoms with Gasteiger partial charge in [-0.2, -0.15) is 8.78 Å². The normalized spacial score (nSPS) is 36.2. The number of anilines is 1. The Hall–Kier alpha value is -1.58. The smallest absolute Gasteiger partial charge is 0.387 e. The van der Waals surface area contributed by atoms with Crippen molar-refractivity contribution >= 4 is 5.95 Å². The fraction of sp³-hybridized carbons (Fsp3) is 0.714. The largest absolute Gasteiger partial charge is 0.432 e. The van der Waals surface area contributed by atoms with Crippen molar-refractivity contribution in [2.75, 3.05) is 31.1 Å². The van der Waals surface area contributed by atoms with Gasteiger partial charge in [0.1, 0.15) is 5.60 Å². The molecule has 0 aromatic carbocycles. The molecular weight excluding hydrogens is 308 g/mol. The lowest BCUT2D eigenvalue weighted by molar-refractivity contribution is -0.137. The second-order valence-electron chi connectivity index (χ2n) is 6.35. The topological polar surface area (TPSA) is 76.7 Å². The van der Waals surface area contributed by atoms with E-state index in [0.29, 0.717) is 18.4 Å². The number of nitrogens with two attached hydrogens (primary N) is 1. The summed E-state index contributed by atoms with van der Waals surface area (Å²) < 4.78 is 34.7. The van der Waals surface area contributed by atoms with Crippen molar-refractivity contribution in [2.24, 2.45) is 11.7 Å². The predicted molar refractivity (Wildman–Crippen MR) is 77.0 cm³/mol. The monoisotopic (exact) mass is 327 g/mol. The molecule has 4 saturated heterocycles.